The third-order valence-electron chi connectivity index (χ3n) is 4.97. The van der Waals surface area contributed by atoms with Crippen molar-refractivity contribution < 1.29 is 14.3 Å². The first-order chi connectivity index (χ1) is 13.6. The predicted octanol–water partition coefficient (Wildman–Crippen LogP) is 5.41. The Morgan fingerprint density at radius 1 is 1.21 bits per heavy atom. The normalized spacial score (nSPS) is 14.3. The van der Waals surface area contributed by atoms with Crippen molar-refractivity contribution in [3.05, 3.63) is 40.4 Å². The summed E-state index contributed by atoms with van der Waals surface area (Å²) in [5.41, 5.74) is 8.06. The maximum Gasteiger partial charge on any atom is 0.412 e. The maximum atomic E-state index is 12.2. The highest BCUT2D eigenvalue weighted by Crippen LogP contribution is 2.39. The molecule has 1 fully saturated rings. The van der Waals surface area contributed by atoms with Gasteiger partial charge in [-0.3, -0.25) is 10.1 Å². The van der Waals surface area contributed by atoms with Gasteiger partial charge in [0.25, 0.3) is 5.91 Å². The number of nitrogens with two attached hydrogens (primary N) is 1. The molecule has 6 nitrogen and oxygen atoms in total. The van der Waals surface area contributed by atoms with E-state index in [1.807, 2.05) is 45.0 Å². The fraction of sp³-hybridized carbons (Fsp3) is 0.364. The zero-order chi connectivity index (χ0) is 20.9. The van der Waals surface area contributed by atoms with E-state index < -0.39 is 17.6 Å². The van der Waals surface area contributed by atoms with Gasteiger partial charge in [-0.25, -0.2) is 4.79 Å². The number of nitrogens with one attached hydrogen (secondary N) is 1. The Bertz CT molecular complexity index is 1140. The van der Waals surface area contributed by atoms with E-state index in [0.717, 1.165) is 32.8 Å². The van der Waals surface area contributed by atoms with E-state index in [1.165, 1.54) is 12.8 Å². The molecule has 4 rings (SSSR count). The van der Waals surface area contributed by atoms with Crippen molar-refractivity contribution in [1.82, 2.24) is 4.57 Å². The summed E-state index contributed by atoms with van der Waals surface area (Å²) in [6.07, 6.45) is 1.86. The van der Waals surface area contributed by atoms with Crippen molar-refractivity contribution in [2.75, 3.05) is 5.32 Å². The van der Waals surface area contributed by atoms with Gasteiger partial charge in [0.05, 0.1) is 16.6 Å². The van der Waals surface area contributed by atoms with Gasteiger partial charge in [0, 0.05) is 27.5 Å². The second kappa shape index (κ2) is 7.06. The van der Waals surface area contributed by atoms with Crippen LogP contribution in [0.2, 0.25) is 0 Å². The lowest BCUT2D eigenvalue weighted by Crippen LogP contribution is -2.27. The van der Waals surface area contributed by atoms with Gasteiger partial charge in [0.2, 0.25) is 0 Å². The van der Waals surface area contributed by atoms with Crippen LogP contribution < -0.4 is 11.1 Å². The summed E-state index contributed by atoms with van der Waals surface area (Å²) < 4.78 is 8.33. The SMILES string of the molecule is CC(C)(C)OC(=O)Nc1ccc2c3cc(Br)cc(C(N)=O)c3n(CC3CC3)c2c1. The number of carbonyl (C=O) groups excluding carboxylic acids is 2. The summed E-state index contributed by atoms with van der Waals surface area (Å²) >= 11 is 3.49. The smallest absolute Gasteiger partial charge is 0.412 e. The van der Waals surface area contributed by atoms with E-state index >= 15 is 0 Å². The average Bonchev–Trinajstić information content (AvgIpc) is 3.36. The Labute approximate surface area is 177 Å². The lowest BCUT2D eigenvalue weighted by Gasteiger charge is -2.19. The van der Waals surface area contributed by atoms with Crippen molar-refractivity contribution in [1.29, 1.82) is 0 Å². The quantitative estimate of drug-likeness (QED) is 0.548. The number of nitrogens with zero attached hydrogens (tertiary/aromatic N) is 1. The summed E-state index contributed by atoms with van der Waals surface area (Å²) in [5.74, 6) is 0.143. The molecule has 0 radical (unpaired) electrons. The highest BCUT2D eigenvalue weighted by atomic mass is 79.9. The Morgan fingerprint density at radius 2 is 1.93 bits per heavy atom. The van der Waals surface area contributed by atoms with Crippen LogP contribution >= 0.6 is 15.9 Å². The Balaban J connectivity index is 1.86. The third-order valence-corrected chi connectivity index (χ3v) is 5.43. The number of aromatic nitrogens is 1. The van der Waals surface area contributed by atoms with Gasteiger partial charge in [0.1, 0.15) is 5.60 Å². The highest BCUT2D eigenvalue weighted by molar-refractivity contribution is 9.10. The molecule has 0 atom stereocenters. The second-order valence-electron chi connectivity index (χ2n) is 8.63. The molecule has 0 saturated heterocycles. The zero-order valence-corrected chi connectivity index (χ0v) is 18.3. The van der Waals surface area contributed by atoms with Gasteiger partial charge < -0.3 is 15.0 Å². The Hall–Kier alpha value is -2.54. The zero-order valence-electron chi connectivity index (χ0n) is 16.7. The van der Waals surface area contributed by atoms with Crippen molar-refractivity contribution in [2.45, 2.75) is 45.8 Å². The van der Waals surface area contributed by atoms with Gasteiger partial charge in [-0.1, -0.05) is 22.0 Å². The molecule has 1 aromatic heterocycles. The molecule has 3 N–H and O–H groups in total. The van der Waals surface area contributed by atoms with Gasteiger partial charge in [0.15, 0.2) is 0 Å². The molecule has 2 aromatic carbocycles. The molecule has 2 amide bonds. The molecule has 3 aromatic rings. The van der Waals surface area contributed by atoms with E-state index in [-0.39, 0.29) is 0 Å². The van der Waals surface area contributed by atoms with Gasteiger partial charge >= 0.3 is 6.09 Å². The molecule has 1 aliphatic carbocycles. The van der Waals surface area contributed by atoms with Crippen molar-refractivity contribution in [3.8, 4) is 0 Å². The highest BCUT2D eigenvalue weighted by Gasteiger charge is 2.26. The van der Waals surface area contributed by atoms with Crippen LogP contribution in [0.25, 0.3) is 21.8 Å². The summed E-state index contributed by atoms with van der Waals surface area (Å²) in [6.45, 7) is 6.29. The standard InChI is InChI=1S/C22H24BrN3O3/c1-22(2,3)29-21(28)25-14-6-7-15-16-8-13(23)9-17(20(24)27)19(16)26(18(15)10-14)11-12-4-5-12/h6-10,12H,4-5,11H2,1-3H3,(H2,24,27)(H,25,28). The maximum absolute atomic E-state index is 12.2. The van der Waals surface area contributed by atoms with Crippen LogP contribution in [-0.4, -0.2) is 22.2 Å². The number of carbonyl (C=O) groups is 2. The molecule has 0 aliphatic heterocycles. The van der Waals surface area contributed by atoms with Gasteiger partial charge in [-0.05, 0) is 63.8 Å². The number of amides is 2. The molecule has 0 spiro atoms. The van der Waals surface area contributed by atoms with Crippen LogP contribution in [0, 0.1) is 5.92 Å². The number of anilines is 1. The number of primary amides is 1. The third kappa shape index (κ3) is 4.10. The van der Waals surface area contributed by atoms with E-state index in [4.69, 9.17) is 10.5 Å². The molecule has 1 aliphatic rings. The summed E-state index contributed by atoms with van der Waals surface area (Å²) in [5, 5.41) is 4.78. The fourth-order valence-corrected chi connectivity index (χ4v) is 4.09. The number of benzene rings is 2. The van der Waals surface area contributed by atoms with Gasteiger partial charge in [-0.15, -0.1) is 0 Å². The minimum absolute atomic E-state index is 0.455. The minimum atomic E-state index is -0.572. The molecule has 152 valence electrons. The number of hydrogen-bond acceptors (Lipinski definition) is 3. The summed E-state index contributed by atoms with van der Waals surface area (Å²) in [6, 6.07) is 9.52. The predicted molar refractivity (Wildman–Crippen MR) is 118 cm³/mol. The van der Waals surface area contributed by atoms with E-state index in [1.54, 1.807) is 6.07 Å². The first-order valence-electron chi connectivity index (χ1n) is 9.68. The number of halogens is 1. The lowest BCUT2D eigenvalue weighted by molar-refractivity contribution is 0.0635. The monoisotopic (exact) mass is 457 g/mol. The number of hydrogen-bond donors (Lipinski definition) is 2. The van der Waals surface area contributed by atoms with Crippen LogP contribution in [0.15, 0.2) is 34.8 Å². The molecular weight excluding hydrogens is 434 g/mol. The number of rotatable bonds is 4. The Morgan fingerprint density at radius 3 is 2.55 bits per heavy atom. The van der Waals surface area contributed by atoms with Crippen LogP contribution in [-0.2, 0) is 11.3 Å². The number of ether oxygens (including phenoxy) is 1. The molecule has 7 heteroatoms. The second-order valence-corrected chi connectivity index (χ2v) is 9.54. The fourth-order valence-electron chi connectivity index (χ4n) is 3.63. The van der Waals surface area contributed by atoms with Crippen LogP contribution in [0.4, 0.5) is 10.5 Å². The molecule has 1 heterocycles. The minimum Gasteiger partial charge on any atom is -0.444 e. The molecule has 0 unspecified atom stereocenters. The van der Waals surface area contributed by atoms with E-state index in [0.29, 0.717) is 17.2 Å². The lowest BCUT2D eigenvalue weighted by atomic mass is 10.1. The topological polar surface area (TPSA) is 86.3 Å². The summed E-state index contributed by atoms with van der Waals surface area (Å²) in [4.78, 5) is 24.3. The van der Waals surface area contributed by atoms with Crippen LogP contribution in [0.1, 0.15) is 44.0 Å². The first kappa shape index (κ1) is 19.8. The van der Waals surface area contributed by atoms with E-state index in [2.05, 4.69) is 25.8 Å². The van der Waals surface area contributed by atoms with Crippen molar-refractivity contribution in [2.24, 2.45) is 11.7 Å². The average molecular weight is 458 g/mol. The Kier molecular flexibility index (Phi) is 4.81. The first-order valence-corrected chi connectivity index (χ1v) is 10.5. The van der Waals surface area contributed by atoms with Crippen LogP contribution in [0.3, 0.4) is 0 Å². The summed E-state index contributed by atoms with van der Waals surface area (Å²) in [7, 11) is 0. The van der Waals surface area contributed by atoms with E-state index in [9.17, 15) is 9.59 Å². The molecule has 1 saturated carbocycles. The largest absolute Gasteiger partial charge is 0.444 e. The van der Waals surface area contributed by atoms with Crippen molar-refractivity contribution >= 4 is 55.4 Å². The van der Waals surface area contributed by atoms with Crippen molar-refractivity contribution in [3.63, 3.8) is 0 Å². The molecular formula is C22H24BrN3O3. The molecule has 0 bridgehead atoms. The van der Waals surface area contributed by atoms with Gasteiger partial charge in [-0.2, -0.15) is 0 Å². The molecule has 29 heavy (non-hydrogen) atoms. The van der Waals surface area contributed by atoms with Crippen LogP contribution in [0.5, 0.6) is 0 Å². The number of fused-ring (bicyclic) bond motifs is 3.